The first-order valence-corrected chi connectivity index (χ1v) is 12.7. The highest BCUT2D eigenvalue weighted by Crippen LogP contribution is 2.20. The van der Waals surface area contributed by atoms with Crippen LogP contribution in [0.2, 0.25) is 0 Å². The van der Waals surface area contributed by atoms with Gasteiger partial charge in [0.25, 0.3) is 0 Å². The van der Waals surface area contributed by atoms with Gasteiger partial charge in [-0.2, -0.15) is 0 Å². The highest BCUT2D eigenvalue weighted by atomic mass is 16.6. The van der Waals surface area contributed by atoms with Crippen molar-refractivity contribution < 1.29 is 23.9 Å². The van der Waals surface area contributed by atoms with Crippen molar-refractivity contribution in [3.8, 4) is 11.1 Å². The average Bonchev–Trinajstić information content (AvgIpc) is 2.90. The Kier molecular flexibility index (Phi) is 10.0. The van der Waals surface area contributed by atoms with Crippen molar-refractivity contribution in [2.75, 3.05) is 6.54 Å². The van der Waals surface area contributed by atoms with Gasteiger partial charge in [-0.3, -0.25) is 9.59 Å². The number of hydrogen-bond acceptors (Lipinski definition) is 5. The highest BCUT2D eigenvalue weighted by Gasteiger charge is 2.26. The van der Waals surface area contributed by atoms with Crippen LogP contribution in [0.25, 0.3) is 11.1 Å². The molecule has 3 rings (SSSR count). The summed E-state index contributed by atoms with van der Waals surface area (Å²) in [4.78, 5) is 38.0. The maximum atomic E-state index is 13.1. The van der Waals surface area contributed by atoms with Crippen LogP contribution in [0.4, 0.5) is 4.79 Å². The molecule has 0 fully saturated rings. The lowest BCUT2D eigenvalue weighted by Gasteiger charge is -2.24. The van der Waals surface area contributed by atoms with Crippen LogP contribution >= 0.6 is 0 Å². The quantitative estimate of drug-likeness (QED) is 0.358. The van der Waals surface area contributed by atoms with Crippen LogP contribution in [0.3, 0.4) is 0 Å². The second kappa shape index (κ2) is 13.4. The van der Waals surface area contributed by atoms with E-state index in [-0.39, 0.29) is 19.6 Å². The third-order valence-electron chi connectivity index (χ3n) is 5.72. The summed E-state index contributed by atoms with van der Waals surface area (Å²) >= 11 is 0. The number of hydrogen-bond donors (Lipinski definition) is 2. The monoisotopic (exact) mass is 516 g/mol. The van der Waals surface area contributed by atoms with E-state index in [1.165, 1.54) is 0 Å². The number of amides is 2. The van der Waals surface area contributed by atoms with Crippen molar-refractivity contribution in [2.24, 2.45) is 5.92 Å². The zero-order valence-electron chi connectivity index (χ0n) is 22.4. The molecule has 200 valence electrons. The fourth-order valence-corrected chi connectivity index (χ4v) is 3.69. The predicted molar refractivity (Wildman–Crippen MR) is 147 cm³/mol. The van der Waals surface area contributed by atoms with Gasteiger partial charge < -0.3 is 20.1 Å². The van der Waals surface area contributed by atoms with Gasteiger partial charge in [0, 0.05) is 13.0 Å². The molecule has 7 nitrogen and oxygen atoms in total. The molecule has 0 bridgehead atoms. The maximum Gasteiger partial charge on any atom is 0.408 e. The van der Waals surface area contributed by atoms with Crippen LogP contribution in [0.1, 0.15) is 38.8 Å². The lowest BCUT2D eigenvalue weighted by molar-refractivity contribution is -0.149. The first-order chi connectivity index (χ1) is 18.1. The molecule has 7 heteroatoms. The largest absolute Gasteiger partial charge is 0.461 e. The Bertz CT molecular complexity index is 1190. The van der Waals surface area contributed by atoms with Gasteiger partial charge in [-0.15, -0.1) is 0 Å². The Morgan fingerprint density at radius 1 is 0.789 bits per heavy atom. The maximum absolute atomic E-state index is 13.1. The second-order valence-corrected chi connectivity index (χ2v) is 10.2. The first-order valence-electron chi connectivity index (χ1n) is 12.7. The fraction of sp³-hybridized carbons (Fsp3) is 0.323. The van der Waals surface area contributed by atoms with Gasteiger partial charge in [0.15, 0.2) is 0 Å². The Hall–Kier alpha value is -4.13. The normalized spacial score (nSPS) is 12.6. The van der Waals surface area contributed by atoms with Crippen molar-refractivity contribution in [2.45, 2.75) is 52.4 Å². The lowest BCUT2D eigenvalue weighted by atomic mass is 10.00. The number of esters is 1. The SMILES string of the molecule is C[C@@H](CNC(=O)[C@H](Cc1ccc(-c2ccccc2)cc1)NC(=O)OC(C)(C)C)C(=O)OCc1ccccc1. The number of alkyl carbamates (subject to hydrolysis) is 1. The van der Waals surface area contributed by atoms with Gasteiger partial charge in [0.05, 0.1) is 5.92 Å². The third kappa shape index (κ3) is 9.39. The number of carbonyl (C=O) groups is 3. The fourth-order valence-electron chi connectivity index (χ4n) is 3.69. The highest BCUT2D eigenvalue weighted by molar-refractivity contribution is 5.86. The molecule has 0 heterocycles. The van der Waals surface area contributed by atoms with E-state index in [9.17, 15) is 14.4 Å². The first kappa shape index (κ1) is 28.4. The van der Waals surface area contributed by atoms with Crippen molar-refractivity contribution in [1.82, 2.24) is 10.6 Å². The second-order valence-electron chi connectivity index (χ2n) is 10.2. The molecule has 0 aliphatic carbocycles. The summed E-state index contributed by atoms with van der Waals surface area (Å²) < 4.78 is 10.7. The zero-order chi connectivity index (χ0) is 27.5. The Morgan fingerprint density at radius 2 is 1.37 bits per heavy atom. The summed E-state index contributed by atoms with van der Waals surface area (Å²) in [6.45, 7) is 7.20. The standard InChI is InChI=1S/C31H36N2O5/c1-22(29(35)37-21-24-11-7-5-8-12-24)20-32-28(34)27(33-30(36)38-31(2,3)4)19-23-15-17-26(18-16-23)25-13-9-6-10-14-25/h5-18,22,27H,19-21H2,1-4H3,(H,32,34)(H,33,36)/t22-,27-/m0/s1. The summed E-state index contributed by atoms with van der Waals surface area (Å²) in [5.41, 5.74) is 3.19. The molecule has 3 aromatic carbocycles. The van der Waals surface area contributed by atoms with Crippen LogP contribution in [0.5, 0.6) is 0 Å². The van der Waals surface area contributed by atoms with Crippen molar-refractivity contribution in [3.63, 3.8) is 0 Å². The van der Waals surface area contributed by atoms with Gasteiger partial charge in [-0.05, 0) is 43.0 Å². The van der Waals surface area contributed by atoms with Crippen molar-refractivity contribution in [1.29, 1.82) is 0 Å². The number of rotatable bonds is 10. The molecule has 0 unspecified atom stereocenters. The minimum absolute atomic E-state index is 0.0753. The molecule has 3 aromatic rings. The zero-order valence-corrected chi connectivity index (χ0v) is 22.4. The molecule has 0 saturated carbocycles. The summed E-state index contributed by atoms with van der Waals surface area (Å²) in [6, 6.07) is 26.3. The van der Waals surface area contributed by atoms with E-state index < -0.39 is 35.5 Å². The number of ether oxygens (including phenoxy) is 2. The van der Waals surface area contributed by atoms with E-state index in [1.807, 2.05) is 84.9 Å². The minimum atomic E-state index is -0.889. The van der Waals surface area contributed by atoms with E-state index in [1.54, 1.807) is 27.7 Å². The molecular weight excluding hydrogens is 480 g/mol. The smallest absolute Gasteiger partial charge is 0.408 e. The Morgan fingerprint density at radius 3 is 1.97 bits per heavy atom. The third-order valence-corrected chi connectivity index (χ3v) is 5.72. The van der Waals surface area contributed by atoms with Gasteiger partial charge in [0.1, 0.15) is 18.2 Å². The topological polar surface area (TPSA) is 93.7 Å². The lowest BCUT2D eigenvalue weighted by Crippen LogP contribution is -2.50. The van der Waals surface area contributed by atoms with Gasteiger partial charge >= 0.3 is 12.1 Å². The molecule has 0 saturated heterocycles. The van der Waals surface area contributed by atoms with Crippen LogP contribution in [0.15, 0.2) is 84.9 Å². The molecule has 2 atom stereocenters. The molecular formula is C31H36N2O5. The minimum Gasteiger partial charge on any atom is -0.461 e. The molecule has 38 heavy (non-hydrogen) atoms. The van der Waals surface area contributed by atoms with E-state index in [0.29, 0.717) is 0 Å². The Balaban J connectivity index is 1.62. The van der Waals surface area contributed by atoms with Crippen LogP contribution in [-0.4, -0.2) is 36.2 Å². The van der Waals surface area contributed by atoms with Crippen LogP contribution in [-0.2, 0) is 32.1 Å². The molecule has 0 aliphatic rings. The van der Waals surface area contributed by atoms with Gasteiger partial charge in [-0.1, -0.05) is 91.9 Å². The molecule has 2 amide bonds. The number of nitrogens with one attached hydrogen (secondary N) is 2. The summed E-state index contributed by atoms with van der Waals surface area (Å²) in [7, 11) is 0. The molecule has 0 aliphatic heterocycles. The average molecular weight is 517 g/mol. The van der Waals surface area contributed by atoms with E-state index in [4.69, 9.17) is 9.47 Å². The van der Waals surface area contributed by atoms with Crippen molar-refractivity contribution >= 4 is 18.0 Å². The van der Waals surface area contributed by atoms with Crippen LogP contribution < -0.4 is 10.6 Å². The van der Waals surface area contributed by atoms with Crippen molar-refractivity contribution in [3.05, 3.63) is 96.1 Å². The molecule has 0 spiro atoms. The number of carbonyl (C=O) groups excluding carboxylic acids is 3. The predicted octanol–water partition coefficient (Wildman–Crippen LogP) is 5.29. The van der Waals surface area contributed by atoms with E-state index >= 15 is 0 Å². The Labute approximate surface area is 224 Å². The molecule has 0 aromatic heterocycles. The summed E-state index contributed by atoms with van der Waals surface area (Å²) in [5, 5.41) is 5.46. The van der Waals surface area contributed by atoms with Gasteiger partial charge in [0.2, 0.25) is 5.91 Å². The molecule has 0 radical (unpaired) electrons. The van der Waals surface area contributed by atoms with E-state index in [2.05, 4.69) is 10.6 Å². The molecule has 2 N–H and O–H groups in total. The van der Waals surface area contributed by atoms with Gasteiger partial charge in [-0.25, -0.2) is 4.79 Å². The van der Waals surface area contributed by atoms with Crippen LogP contribution in [0, 0.1) is 5.92 Å². The summed E-state index contributed by atoms with van der Waals surface area (Å²) in [6.07, 6.45) is -0.429. The summed E-state index contributed by atoms with van der Waals surface area (Å²) in [5.74, 6) is -1.39. The van der Waals surface area contributed by atoms with E-state index in [0.717, 1.165) is 22.3 Å². The number of benzene rings is 3.